The summed E-state index contributed by atoms with van der Waals surface area (Å²) >= 11 is 0. The highest BCUT2D eigenvalue weighted by molar-refractivity contribution is 5.99. The van der Waals surface area contributed by atoms with E-state index < -0.39 is 0 Å². The predicted octanol–water partition coefficient (Wildman–Crippen LogP) is 2.59. The normalized spacial score (nSPS) is 13.9. The van der Waals surface area contributed by atoms with E-state index in [1.54, 1.807) is 29.2 Å². The molecule has 1 aliphatic rings. The summed E-state index contributed by atoms with van der Waals surface area (Å²) in [6.45, 7) is 5.73. The van der Waals surface area contributed by atoms with Gasteiger partial charge in [0.15, 0.2) is 5.78 Å². The first-order valence-electron chi connectivity index (χ1n) is 9.42. The fourth-order valence-corrected chi connectivity index (χ4v) is 3.35. The standard InChI is InChI=1S/C22H25N3O3/c1-17(26)19-8-10-21(11-9-19)25(18(2)27)16-22(28)24-14-12-23(13-15-24)20-6-4-3-5-7-20/h3-11H,12-16H2,1-2H3. The van der Waals surface area contributed by atoms with Gasteiger partial charge in [0, 0.05) is 50.0 Å². The van der Waals surface area contributed by atoms with E-state index in [1.807, 2.05) is 18.2 Å². The number of hydrogen-bond acceptors (Lipinski definition) is 4. The zero-order valence-corrected chi connectivity index (χ0v) is 16.3. The van der Waals surface area contributed by atoms with Crippen LogP contribution in [-0.2, 0) is 9.59 Å². The minimum atomic E-state index is -0.202. The molecular weight excluding hydrogens is 354 g/mol. The molecule has 28 heavy (non-hydrogen) atoms. The molecule has 2 aromatic rings. The smallest absolute Gasteiger partial charge is 0.242 e. The molecule has 0 aromatic heterocycles. The lowest BCUT2D eigenvalue weighted by molar-refractivity contribution is -0.131. The van der Waals surface area contributed by atoms with E-state index in [-0.39, 0.29) is 24.1 Å². The molecule has 0 N–H and O–H groups in total. The largest absolute Gasteiger partial charge is 0.368 e. The molecule has 1 heterocycles. The van der Waals surface area contributed by atoms with Crippen LogP contribution in [-0.4, -0.2) is 55.2 Å². The van der Waals surface area contributed by atoms with Crippen molar-refractivity contribution in [3.8, 4) is 0 Å². The van der Waals surface area contributed by atoms with Crippen LogP contribution in [0.5, 0.6) is 0 Å². The molecule has 2 amide bonds. The zero-order valence-electron chi connectivity index (χ0n) is 16.3. The second-order valence-corrected chi connectivity index (χ2v) is 6.91. The van der Waals surface area contributed by atoms with Crippen LogP contribution in [0.4, 0.5) is 11.4 Å². The first-order valence-corrected chi connectivity index (χ1v) is 9.42. The van der Waals surface area contributed by atoms with Crippen molar-refractivity contribution >= 4 is 29.0 Å². The molecule has 0 radical (unpaired) electrons. The molecule has 1 fully saturated rings. The molecule has 0 bridgehead atoms. The third-order valence-electron chi connectivity index (χ3n) is 5.01. The topological polar surface area (TPSA) is 60.9 Å². The van der Waals surface area contributed by atoms with E-state index in [0.717, 1.165) is 18.8 Å². The van der Waals surface area contributed by atoms with Gasteiger partial charge in [-0.05, 0) is 43.3 Å². The summed E-state index contributed by atoms with van der Waals surface area (Å²) in [4.78, 5) is 41.8. The number of benzene rings is 2. The van der Waals surface area contributed by atoms with Crippen molar-refractivity contribution in [1.82, 2.24) is 4.90 Å². The number of carbonyl (C=O) groups excluding carboxylic acids is 3. The molecule has 6 heteroatoms. The van der Waals surface area contributed by atoms with Crippen LogP contribution in [0, 0.1) is 0 Å². The molecule has 0 atom stereocenters. The highest BCUT2D eigenvalue weighted by Crippen LogP contribution is 2.18. The van der Waals surface area contributed by atoms with Gasteiger partial charge in [0.1, 0.15) is 6.54 Å². The van der Waals surface area contributed by atoms with Gasteiger partial charge in [-0.15, -0.1) is 0 Å². The number of ketones is 1. The molecule has 0 spiro atoms. The third kappa shape index (κ3) is 4.57. The number of amides is 2. The number of nitrogens with zero attached hydrogens (tertiary/aromatic N) is 3. The Kier molecular flexibility index (Phi) is 6.09. The third-order valence-corrected chi connectivity index (χ3v) is 5.01. The van der Waals surface area contributed by atoms with Gasteiger partial charge in [0.25, 0.3) is 0 Å². The Balaban J connectivity index is 1.62. The average molecular weight is 379 g/mol. The van der Waals surface area contributed by atoms with Crippen molar-refractivity contribution in [3.05, 3.63) is 60.2 Å². The molecule has 0 saturated carbocycles. The minimum Gasteiger partial charge on any atom is -0.368 e. The van der Waals surface area contributed by atoms with E-state index in [0.29, 0.717) is 24.3 Å². The van der Waals surface area contributed by atoms with Crippen molar-refractivity contribution in [2.75, 3.05) is 42.5 Å². The summed E-state index contributed by atoms with van der Waals surface area (Å²) in [5.41, 5.74) is 2.36. The average Bonchev–Trinajstić information content (AvgIpc) is 2.72. The van der Waals surface area contributed by atoms with E-state index in [1.165, 1.54) is 18.7 Å². The van der Waals surface area contributed by atoms with E-state index in [2.05, 4.69) is 17.0 Å². The van der Waals surface area contributed by atoms with Gasteiger partial charge < -0.3 is 14.7 Å². The van der Waals surface area contributed by atoms with Crippen molar-refractivity contribution in [2.45, 2.75) is 13.8 Å². The Morgan fingerprint density at radius 2 is 1.46 bits per heavy atom. The highest BCUT2D eigenvalue weighted by Gasteiger charge is 2.24. The fraction of sp³-hybridized carbons (Fsp3) is 0.318. The van der Waals surface area contributed by atoms with E-state index in [4.69, 9.17) is 0 Å². The maximum atomic E-state index is 12.8. The van der Waals surface area contributed by atoms with Crippen LogP contribution in [0.1, 0.15) is 24.2 Å². The van der Waals surface area contributed by atoms with Gasteiger partial charge in [0.05, 0.1) is 0 Å². The van der Waals surface area contributed by atoms with Crippen molar-refractivity contribution in [1.29, 1.82) is 0 Å². The lowest BCUT2D eigenvalue weighted by atomic mass is 10.1. The molecule has 0 unspecified atom stereocenters. The van der Waals surface area contributed by atoms with Crippen molar-refractivity contribution < 1.29 is 14.4 Å². The number of rotatable bonds is 5. The summed E-state index contributed by atoms with van der Waals surface area (Å²) in [6, 6.07) is 16.9. The molecule has 1 aliphatic heterocycles. The Labute approximate surface area is 165 Å². The Morgan fingerprint density at radius 1 is 0.857 bits per heavy atom. The Morgan fingerprint density at radius 3 is 2.00 bits per heavy atom. The van der Waals surface area contributed by atoms with Crippen LogP contribution in [0.15, 0.2) is 54.6 Å². The second kappa shape index (κ2) is 8.69. The summed E-state index contributed by atoms with van der Waals surface area (Å²) < 4.78 is 0. The van der Waals surface area contributed by atoms with Crippen LogP contribution < -0.4 is 9.80 Å². The van der Waals surface area contributed by atoms with Crippen LogP contribution >= 0.6 is 0 Å². The van der Waals surface area contributed by atoms with Gasteiger partial charge in [-0.25, -0.2) is 0 Å². The lowest BCUT2D eigenvalue weighted by Gasteiger charge is -2.37. The van der Waals surface area contributed by atoms with Gasteiger partial charge in [-0.3, -0.25) is 14.4 Å². The molecule has 146 valence electrons. The lowest BCUT2D eigenvalue weighted by Crippen LogP contribution is -2.51. The van der Waals surface area contributed by atoms with Gasteiger partial charge in [-0.1, -0.05) is 18.2 Å². The first kappa shape index (κ1) is 19.6. The van der Waals surface area contributed by atoms with Gasteiger partial charge >= 0.3 is 0 Å². The zero-order chi connectivity index (χ0) is 20.1. The minimum absolute atomic E-state index is 0.0000877. The molecule has 0 aliphatic carbocycles. The number of hydrogen-bond donors (Lipinski definition) is 0. The quantitative estimate of drug-likeness (QED) is 0.749. The number of piperazine rings is 1. The Hall–Kier alpha value is -3.15. The molecule has 1 saturated heterocycles. The second-order valence-electron chi connectivity index (χ2n) is 6.91. The van der Waals surface area contributed by atoms with Crippen molar-refractivity contribution in [3.63, 3.8) is 0 Å². The van der Waals surface area contributed by atoms with Crippen LogP contribution in [0.3, 0.4) is 0 Å². The summed E-state index contributed by atoms with van der Waals surface area (Å²) in [5.74, 6) is -0.307. The number of Topliss-reactive ketones (excluding diaryl/α,β-unsaturated/α-hetero) is 1. The maximum absolute atomic E-state index is 12.8. The first-order chi connectivity index (χ1) is 13.5. The number of para-hydroxylation sites is 1. The van der Waals surface area contributed by atoms with Gasteiger partial charge in [0.2, 0.25) is 11.8 Å². The van der Waals surface area contributed by atoms with Crippen LogP contribution in [0.2, 0.25) is 0 Å². The summed E-state index contributed by atoms with van der Waals surface area (Å²) in [6.07, 6.45) is 0. The van der Waals surface area contributed by atoms with E-state index in [9.17, 15) is 14.4 Å². The predicted molar refractivity (Wildman–Crippen MR) is 110 cm³/mol. The molecule has 3 rings (SSSR count). The van der Waals surface area contributed by atoms with Gasteiger partial charge in [-0.2, -0.15) is 0 Å². The van der Waals surface area contributed by atoms with E-state index >= 15 is 0 Å². The Bertz CT molecular complexity index is 841. The molecular formula is C22H25N3O3. The van der Waals surface area contributed by atoms with Crippen LogP contribution in [0.25, 0.3) is 0 Å². The summed E-state index contributed by atoms with van der Waals surface area (Å²) in [7, 11) is 0. The fourth-order valence-electron chi connectivity index (χ4n) is 3.35. The monoisotopic (exact) mass is 379 g/mol. The highest BCUT2D eigenvalue weighted by atomic mass is 16.2. The maximum Gasteiger partial charge on any atom is 0.242 e. The molecule has 6 nitrogen and oxygen atoms in total. The number of carbonyl (C=O) groups is 3. The van der Waals surface area contributed by atoms with Crippen molar-refractivity contribution in [2.24, 2.45) is 0 Å². The molecule has 2 aromatic carbocycles. The number of anilines is 2. The SMILES string of the molecule is CC(=O)c1ccc(N(CC(=O)N2CCN(c3ccccc3)CC2)C(C)=O)cc1. The summed E-state index contributed by atoms with van der Waals surface area (Å²) in [5, 5.41) is 0.